The highest BCUT2D eigenvalue weighted by Gasteiger charge is 2.05. The zero-order chi connectivity index (χ0) is 14.7. The quantitative estimate of drug-likeness (QED) is 0.735. The molecule has 0 aliphatic heterocycles. The Morgan fingerprint density at radius 2 is 1.52 bits per heavy atom. The van der Waals surface area contributed by atoms with Crippen LogP contribution in [0.3, 0.4) is 0 Å². The maximum Gasteiger partial charge on any atom is 0.137 e. The van der Waals surface area contributed by atoms with Crippen molar-refractivity contribution in [3.8, 4) is 23.4 Å². The van der Waals surface area contributed by atoms with E-state index in [0.717, 1.165) is 28.0 Å². The van der Waals surface area contributed by atoms with Gasteiger partial charge >= 0.3 is 0 Å². The zero-order valence-corrected chi connectivity index (χ0v) is 11.3. The zero-order valence-electron chi connectivity index (χ0n) is 11.3. The van der Waals surface area contributed by atoms with Crippen LogP contribution in [-0.2, 0) is 12.8 Å². The number of hydrogen-bond donors (Lipinski definition) is 0. The summed E-state index contributed by atoms with van der Waals surface area (Å²) in [5, 5.41) is 17.4. The number of aromatic nitrogens is 2. The van der Waals surface area contributed by atoms with Crippen LogP contribution < -0.4 is 0 Å². The van der Waals surface area contributed by atoms with Gasteiger partial charge in [0.1, 0.15) is 5.65 Å². The Morgan fingerprint density at radius 3 is 2.24 bits per heavy atom. The molecule has 1 aromatic carbocycles. The molecule has 100 valence electrons. The van der Waals surface area contributed by atoms with Crippen LogP contribution >= 0.6 is 0 Å². The third-order valence-corrected chi connectivity index (χ3v) is 3.33. The first-order chi connectivity index (χ1) is 10.3. The average Bonchev–Trinajstić information content (AvgIpc) is 2.92. The summed E-state index contributed by atoms with van der Waals surface area (Å²) in [5.41, 5.74) is 4.72. The van der Waals surface area contributed by atoms with Gasteiger partial charge in [0, 0.05) is 18.0 Å². The van der Waals surface area contributed by atoms with Crippen LogP contribution in [0, 0.1) is 22.7 Å². The number of nitrogens with zero attached hydrogens (tertiary/aromatic N) is 4. The van der Waals surface area contributed by atoms with Crippen molar-refractivity contribution in [3.63, 3.8) is 0 Å². The summed E-state index contributed by atoms with van der Waals surface area (Å²) in [7, 11) is 0. The van der Waals surface area contributed by atoms with Crippen LogP contribution in [0.1, 0.15) is 11.1 Å². The molecular weight excluding hydrogens is 260 g/mol. The lowest BCUT2D eigenvalue weighted by molar-refractivity contribution is 1.12. The molecule has 3 aromatic rings. The second-order valence-electron chi connectivity index (χ2n) is 4.80. The molecule has 0 fully saturated rings. The van der Waals surface area contributed by atoms with E-state index in [-0.39, 0.29) is 0 Å². The lowest BCUT2D eigenvalue weighted by atomic mass is 10.1. The molecular formula is C17H12N4. The van der Waals surface area contributed by atoms with Crippen LogP contribution in [0.4, 0.5) is 0 Å². The average molecular weight is 272 g/mol. The second-order valence-corrected chi connectivity index (χ2v) is 4.80. The Hall–Kier alpha value is -3.11. The van der Waals surface area contributed by atoms with Gasteiger partial charge in [-0.25, -0.2) is 4.98 Å². The fraction of sp³-hybridized carbons (Fsp3) is 0.118. The van der Waals surface area contributed by atoms with Crippen molar-refractivity contribution in [1.29, 1.82) is 10.5 Å². The molecule has 21 heavy (non-hydrogen) atoms. The Bertz CT molecular complexity index is 860. The van der Waals surface area contributed by atoms with Gasteiger partial charge in [0.2, 0.25) is 0 Å². The topological polar surface area (TPSA) is 64.9 Å². The van der Waals surface area contributed by atoms with Gasteiger partial charge in [-0.1, -0.05) is 30.3 Å². The standard InChI is InChI=1S/C17H12N4/c18-9-7-13-1-4-15(5-2-13)16-12-21-11-14(8-10-19)3-6-17(21)20-16/h1-6,11-12H,7-8H2. The van der Waals surface area contributed by atoms with Crippen LogP contribution in [-0.4, -0.2) is 9.38 Å². The fourth-order valence-electron chi connectivity index (χ4n) is 2.26. The van der Waals surface area contributed by atoms with Gasteiger partial charge < -0.3 is 4.40 Å². The highest BCUT2D eigenvalue weighted by molar-refractivity contribution is 5.63. The van der Waals surface area contributed by atoms with Crippen LogP contribution in [0.25, 0.3) is 16.9 Å². The minimum Gasteiger partial charge on any atom is -0.306 e. The molecule has 4 nitrogen and oxygen atoms in total. The number of pyridine rings is 1. The normalized spacial score (nSPS) is 10.2. The number of fused-ring (bicyclic) bond motifs is 1. The van der Waals surface area contributed by atoms with E-state index in [2.05, 4.69) is 17.1 Å². The first kappa shape index (κ1) is 12.9. The summed E-state index contributed by atoms with van der Waals surface area (Å²) in [6.07, 6.45) is 4.70. The monoisotopic (exact) mass is 272 g/mol. The number of imidazole rings is 1. The molecule has 0 spiro atoms. The summed E-state index contributed by atoms with van der Waals surface area (Å²) in [4.78, 5) is 4.57. The van der Waals surface area contributed by atoms with E-state index in [1.807, 2.05) is 53.2 Å². The van der Waals surface area contributed by atoms with Gasteiger partial charge in [-0.15, -0.1) is 0 Å². The Labute approximate surface area is 122 Å². The molecule has 0 aliphatic carbocycles. The van der Waals surface area contributed by atoms with Gasteiger partial charge in [-0.05, 0) is 17.2 Å². The third kappa shape index (κ3) is 2.61. The van der Waals surface area contributed by atoms with Gasteiger partial charge in [0.25, 0.3) is 0 Å². The van der Waals surface area contributed by atoms with E-state index in [4.69, 9.17) is 10.5 Å². The number of nitriles is 2. The number of hydrogen-bond acceptors (Lipinski definition) is 3. The maximum atomic E-state index is 8.75. The largest absolute Gasteiger partial charge is 0.306 e. The molecule has 0 bridgehead atoms. The van der Waals surface area contributed by atoms with Gasteiger partial charge in [0.15, 0.2) is 0 Å². The molecule has 2 aromatic heterocycles. The number of benzene rings is 1. The van der Waals surface area contributed by atoms with Crippen molar-refractivity contribution in [2.75, 3.05) is 0 Å². The summed E-state index contributed by atoms with van der Waals surface area (Å²) in [6, 6.07) is 16.0. The van der Waals surface area contributed by atoms with E-state index >= 15 is 0 Å². The maximum absolute atomic E-state index is 8.75. The number of rotatable bonds is 3. The van der Waals surface area contributed by atoms with E-state index in [0.29, 0.717) is 12.8 Å². The molecule has 0 radical (unpaired) electrons. The molecule has 0 saturated heterocycles. The summed E-state index contributed by atoms with van der Waals surface area (Å²) in [6.45, 7) is 0. The molecule has 0 saturated carbocycles. The Morgan fingerprint density at radius 1 is 0.857 bits per heavy atom. The molecule has 0 N–H and O–H groups in total. The Kier molecular flexibility index (Phi) is 3.37. The third-order valence-electron chi connectivity index (χ3n) is 3.33. The van der Waals surface area contributed by atoms with Crippen LogP contribution in [0.5, 0.6) is 0 Å². The minimum atomic E-state index is 0.395. The van der Waals surface area contributed by atoms with Crippen molar-refractivity contribution >= 4 is 5.65 Å². The molecule has 0 atom stereocenters. The van der Waals surface area contributed by atoms with Crippen molar-refractivity contribution in [1.82, 2.24) is 9.38 Å². The predicted molar refractivity (Wildman–Crippen MR) is 79.3 cm³/mol. The molecule has 0 unspecified atom stereocenters. The van der Waals surface area contributed by atoms with Crippen LogP contribution in [0.2, 0.25) is 0 Å². The van der Waals surface area contributed by atoms with Crippen molar-refractivity contribution in [2.24, 2.45) is 0 Å². The van der Waals surface area contributed by atoms with E-state index in [1.54, 1.807) is 0 Å². The second kappa shape index (κ2) is 5.48. The predicted octanol–water partition coefficient (Wildman–Crippen LogP) is 3.13. The fourth-order valence-corrected chi connectivity index (χ4v) is 2.26. The summed E-state index contributed by atoms with van der Waals surface area (Å²) >= 11 is 0. The van der Waals surface area contributed by atoms with E-state index in [9.17, 15) is 0 Å². The minimum absolute atomic E-state index is 0.395. The van der Waals surface area contributed by atoms with Crippen molar-refractivity contribution in [3.05, 3.63) is 59.9 Å². The molecule has 3 rings (SSSR count). The smallest absolute Gasteiger partial charge is 0.137 e. The first-order valence-corrected chi connectivity index (χ1v) is 6.61. The van der Waals surface area contributed by atoms with E-state index in [1.165, 1.54) is 0 Å². The Balaban J connectivity index is 1.97. The SMILES string of the molecule is N#CCc1ccc(-c2cn3cc(CC#N)ccc3n2)cc1. The first-order valence-electron chi connectivity index (χ1n) is 6.61. The van der Waals surface area contributed by atoms with Gasteiger partial charge in [-0.2, -0.15) is 10.5 Å². The molecule has 0 aliphatic rings. The van der Waals surface area contributed by atoms with Gasteiger partial charge in [-0.3, -0.25) is 0 Å². The lowest BCUT2D eigenvalue weighted by Crippen LogP contribution is -1.87. The van der Waals surface area contributed by atoms with Crippen LogP contribution in [0.15, 0.2) is 48.8 Å². The molecule has 4 heteroatoms. The summed E-state index contributed by atoms with van der Waals surface area (Å²) in [5.74, 6) is 0. The molecule has 0 amide bonds. The molecule has 2 heterocycles. The lowest BCUT2D eigenvalue weighted by Gasteiger charge is -1.97. The summed E-state index contributed by atoms with van der Waals surface area (Å²) < 4.78 is 1.94. The van der Waals surface area contributed by atoms with Gasteiger partial charge in [0.05, 0.1) is 30.7 Å². The van der Waals surface area contributed by atoms with Crippen molar-refractivity contribution in [2.45, 2.75) is 12.8 Å². The van der Waals surface area contributed by atoms with Crippen molar-refractivity contribution < 1.29 is 0 Å². The highest BCUT2D eigenvalue weighted by Crippen LogP contribution is 2.20. The highest BCUT2D eigenvalue weighted by atomic mass is 15.0. The van der Waals surface area contributed by atoms with E-state index < -0.39 is 0 Å².